The Balaban J connectivity index is 2.19. The van der Waals surface area contributed by atoms with Crippen molar-refractivity contribution in [2.45, 2.75) is 6.92 Å². The summed E-state index contributed by atoms with van der Waals surface area (Å²) in [6, 6.07) is 18.1. The van der Waals surface area contributed by atoms with Gasteiger partial charge >= 0.3 is 0 Å². The molecule has 0 amide bonds. The summed E-state index contributed by atoms with van der Waals surface area (Å²) in [5.41, 5.74) is 4.08. The van der Waals surface area contributed by atoms with E-state index in [0.29, 0.717) is 0 Å². The molecule has 0 aliphatic heterocycles. The minimum absolute atomic E-state index is 0.793. The van der Waals surface area contributed by atoms with E-state index in [2.05, 4.69) is 17.3 Å². The Bertz CT molecular complexity index is 717. The van der Waals surface area contributed by atoms with Crippen molar-refractivity contribution < 1.29 is 9.26 Å². The monoisotopic (exact) mass is 265 g/mol. The molecule has 1 aromatic heterocycles. The van der Waals surface area contributed by atoms with Crippen molar-refractivity contribution in [3.63, 3.8) is 0 Å². The quantitative estimate of drug-likeness (QED) is 0.707. The van der Waals surface area contributed by atoms with E-state index in [1.165, 1.54) is 0 Å². The van der Waals surface area contributed by atoms with Crippen molar-refractivity contribution in [1.29, 1.82) is 0 Å². The van der Waals surface area contributed by atoms with Crippen LogP contribution in [0.5, 0.6) is 5.75 Å². The van der Waals surface area contributed by atoms with Crippen LogP contribution in [0.3, 0.4) is 0 Å². The van der Waals surface area contributed by atoms with Gasteiger partial charge < -0.3 is 9.26 Å². The second-order valence-corrected chi connectivity index (χ2v) is 4.60. The summed E-state index contributed by atoms with van der Waals surface area (Å²) in [5.74, 6) is 1.60. The average molecular weight is 265 g/mol. The van der Waals surface area contributed by atoms with Crippen molar-refractivity contribution in [3.05, 3.63) is 60.4 Å². The molecule has 0 aliphatic rings. The smallest absolute Gasteiger partial charge is 0.134 e. The number of rotatable bonds is 3. The highest BCUT2D eigenvalue weighted by molar-refractivity contribution is 5.82. The Morgan fingerprint density at radius 1 is 0.950 bits per heavy atom. The van der Waals surface area contributed by atoms with Crippen molar-refractivity contribution in [2.75, 3.05) is 7.11 Å². The second kappa shape index (κ2) is 5.21. The van der Waals surface area contributed by atoms with E-state index in [9.17, 15) is 0 Å². The van der Waals surface area contributed by atoms with Crippen LogP contribution in [0.25, 0.3) is 22.4 Å². The van der Waals surface area contributed by atoms with E-state index in [0.717, 1.165) is 33.9 Å². The molecule has 0 saturated carbocycles. The fourth-order valence-corrected chi connectivity index (χ4v) is 2.23. The Morgan fingerprint density at radius 2 is 1.75 bits per heavy atom. The lowest BCUT2D eigenvalue weighted by Crippen LogP contribution is -1.88. The molecule has 0 bridgehead atoms. The third-order valence-electron chi connectivity index (χ3n) is 3.22. The lowest BCUT2D eigenvalue weighted by atomic mass is 9.97. The van der Waals surface area contributed by atoms with Gasteiger partial charge in [-0.25, -0.2) is 0 Å². The summed E-state index contributed by atoms with van der Waals surface area (Å²) in [6.07, 6.45) is 0. The molecule has 0 atom stereocenters. The van der Waals surface area contributed by atoms with Crippen LogP contribution in [0.15, 0.2) is 59.1 Å². The van der Waals surface area contributed by atoms with E-state index in [-0.39, 0.29) is 0 Å². The van der Waals surface area contributed by atoms with Gasteiger partial charge in [-0.15, -0.1) is 0 Å². The van der Waals surface area contributed by atoms with Crippen LogP contribution >= 0.6 is 0 Å². The topological polar surface area (TPSA) is 35.3 Å². The fraction of sp³-hybridized carbons (Fsp3) is 0.118. The van der Waals surface area contributed by atoms with E-state index >= 15 is 0 Å². The van der Waals surface area contributed by atoms with Gasteiger partial charge in [-0.1, -0.05) is 41.6 Å². The first-order chi connectivity index (χ1) is 9.78. The summed E-state index contributed by atoms with van der Waals surface area (Å²) in [6.45, 7) is 1.89. The van der Waals surface area contributed by atoms with E-state index in [1.54, 1.807) is 7.11 Å². The lowest BCUT2D eigenvalue weighted by Gasteiger charge is -2.09. The van der Waals surface area contributed by atoms with E-state index in [4.69, 9.17) is 9.26 Å². The molecular weight excluding hydrogens is 250 g/mol. The molecular formula is C17H15NO2. The van der Waals surface area contributed by atoms with Gasteiger partial charge in [-0.05, 0) is 30.2 Å². The molecule has 0 N–H and O–H groups in total. The van der Waals surface area contributed by atoms with Crippen LogP contribution in [-0.4, -0.2) is 12.3 Å². The standard InChI is InChI=1S/C17H15NO2/c1-12-10-17(18-20-12)16-11-14(19-2)8-9-15(16)13-6-4-3-5-7-13/h3-11H,1-2H3. The minimum atomic E-state index is 0.793. The highest BCUT2D eigenvalue weighted by atomic mass is 16.5. The first-order valence-corrected chi connectivity index (χ1v) is 6.45. The first-order valence-electron chi connectivity index (χ1n) is 6.45. The molecule has 20 heavy (non-hydrogen) atoms. The van der Waals surface area contributed by atoms with Gasteiger partial charge in [-0.2, -0.15) is 0 Å². The molecule has 0 fully saturated rings. The second-order valence-electron chi connectivity index (χ2n) is 4.60. The van der Waals surface area contributed by atoms with Crippen LogP contribution in [-0.2, 0) is 0 Å². The van der Waals surface area contributed by atoms with Crippen LogP contribution in [0.4, 0.5) is 0 Å². The number of hydrogen-bond acceptors (Lipinski definition) is 3. The summed E-state index contributed by atoms with van der Waals surface area (Å²) >= 11 is 0. The van der Waals surface area contributed by atoms with E-state index in [1.807, 2.05) is 49.4 Å². The average Bonchev–Trinajstić information content (AvgIpc) is 2.94. The van der Waals surface area contributed by atoms with Crippen LogP contribution in [0.1, 0.15) is 5.76 Å². The predicted molar refractivity (Wildman–Crippen MR) is 78.7 cm³/mol. The third kappa shape index (κ3) is 2.30. The molecule has 100 valence electrons. The molecule has 1 heterocycles. The molecule has 2 aromatic carbocycles. The molecule has 3 aromatic rings. The summed E-state index contributed by atoms with van der Waals surface area (Å²) < 4.78 is 10.5. The Kier molecular flexibility index (Phi) is 3.25. The van der Waals surface area contributed by atoms with Gasteiger partial charge in [0, 0.05) is 11.6 Å². The normalized spacial score (nSPS) is 10.5. The van der Waals surface area contributed by atoms with Crippen molar-refractivity contribution >= 4 is 0 Å². The molecule has 0 spiro atoms. The molecule has 0 saturated heterocycles. The largest absolute Gasteiger partial charge is 0.497 e. The molecule has 0 radical (unpaired) electrons. The van der Waals surface area contributed by atoms with Gasteiger partial charge in [0.05, 0.1) is 7.11 Å². The molecule has 0 unspecified atom stereocenters. The molecule has 3 heteroatoms. The first kappa shape index (κ1) is 12.5. The van der Waals surface area contributed by atoms with Gasteiger partial charge in [0.1, 0.15) is 17.2 Å². The van der Waals surface area contributed by atoms with E-state index < -0.39 is 0 Å². The number of ether oxygens (including phenoxy) is 1. The van der Waals surface area contributed by atoms with Crippen molar-refractivity contribution in [2.24, 2.45) is 0 Å². The highest BCUT2D eigenvalue weighted by Gasteiger charge is 2.12. The number of aromatic nitrogens is 1. The number of aryl methyl sites for hydroxylation is 1. The number of methoxy groups -OCH3 is 1. The Labute approximate surface area is 117 Å². The summed E-state index contributed by atoms with van der Waals surface area (Å²) in [4.78, 5) is 0. The maximum absolute atomic E-state index is 5.32. The summed E-state index contributed by atoms with van der Waals surface area (Å²) in [7, 11) is 1.66. The summed E-state index contributed by atoms with van der Waals surface area (Å²) in [5, 5.41) is 4.12. The number of nitrogens with zero attached hydrogens (tertiary/aromatic N) is 1. The SMILES string of the molecule is COc1ccc(-c2ccccc2)c(-c2cc(C)on2)c1. The fourth-order valence-electron chi connectivity index (χ4n) is 2.23. The van der Waals surface area contributed by atoms with Crippen LogP contribution < -0.4 is 4.74 Å². The minimum Gasteiger partial charge on any atom is -0.497 e. The van der Waals surface area contributed by atoms with Crippen LogP contribution in [0.2, 0.25) is 0 Å². The van der Waals surface area contributed by atoms with Gasteiger partial charge in [0.15, 0.2) is 0 Å². The number of benzene rings is 2. The molecule has 3 nitrogen and oxygen atoms in total. The van der Waals surface area contributed by atoms with Crippen LogP contribution in [0, 0.1) is 6.92 Å². The zero-order chi connectivity index (χ0) is 13.9. The Hall–Kier alpha value is -2.55. The van der Waals surface area contributed by atoms with Crippen molar-refractivity contribution in [3.8, 4) is 28.1 Å². The highest BCUT2D eigenvalue weighted by Crippen LogP contribution is 2.34. The van der Waals surface area contributed by atoms with Gasteiger partial charge in [0.2, 0.25) is 0 Å². The zero-order valence-electron chi connectivity index (χ0n) is 11.5. The van der Waals surface area contributed by atoms with Crippen molar-refractivity contribution in [1.82, 2.24) is 5.16 Å². The van der Waals surface area contributed by atoms with Gasteiger partial charge in [-0.3, -0.25) is 0 Å². The van der Waals surface area contributed by atoms with Gasteiger partial charge in [0.25, 0.3) is 0 Å². The maximum atomic E-state index is 5.32. The maximum Gasteiger partial charge on any atom is 0.134 e. The predicted octanol–water partition coefficient (Wildman–Crippen LogP) is 4.33. The molecule has 3 rings (SSSR count). The number of hydrogen-bond donors (Lipinski definition) is 0. The zero-order valence-corrected chi connectivity index (χ0v) is 11.5. The third-order valence-corrected chi connectivity index (χ3v) is 3.22. The Morgan fingerprint density at radius 3 is 2.40 bits per heavy atom. The molecule has 0 aliphatic carbocycles. The lowest BCUT2D eigenvalue weighted by molar-refractivity contribution is 0.399.